The monoisotopic (exact) mass is 812 g/mol. The van der Waals surface area contributed by atoms with E-state index in [4.69, 9.17) is 23.7 Å². The van der Waals surface area contributed by atoms with Gasteiger partial charge in [-0.3, -0.25) is 19.2 Å². The van der Waals surface area contributed by atoms with E-state index in [0.717, 1.165) is 12.8 Å². The minimum absolute atomic E-state index is 0.0443. The van der Waals surface area contributed by atoms with Crippen LogP contribution < -0.4 is 25.1 Å². The summed E-state index contributed by atoms with van der Waals surface area (Å²) in [5, 5.41) is 9.24. The van der Waals surface area contributed by atoms with Crippen molar-refractivity contribution in [1.82, 2.24) is 9.13 Å². The fourth-order valence-corrected chi connectivity index (χ4v) is 6.35. The molecule has 0 radical (unpaired) electrons. The van der Waals surface area contributed by atoms with Crippen LogP contribution in [0.25, 0.3) is 44.1 Å². The summed E-state index contributed by atoms with van der Waals surface area (Å²) in [6.07, 6.45) is 4.51. The van der Waals surface area contributed by atoms with Gasteiger partial charge in [0.1, 0.15) is 47.7 Å². The third kappa shape index (κ3) is 10.1. The summed E-state index contributed by atoms with van der Waals surface area (Å²) in [6.45, 7) is 8.09. The number of aromatic nitrogens is 2. The molecule has 14 heteroatoms. The third-order valence-corrected chi connectivity index (χ3v) is 8.98. The third-order valence-electron chi connectivity index (χ3n) is 8.98. The molecule has 0 saturated heterocycles. The van der Waals surface area contributed by atoms with Crippen LogP contribution in [0.15, 0.2) is 94.8 Å². The zero-order valence-corrected chi connectivity index (χ0v) is 33.5. The van der Waals surface area contributed by atoms with Gasteiger partial charge in [0.25, 0.3) is 0 Å². The molecule has 12 nitrogen and oxygen atoms in total. The highest BCUT2D eigenvalue weighted by Gasteiger charge is 2.22. The Morgan fingerprint density at radius 3 is 1.39 bits per heavy atom. The number of carbonyl (C=O) groups excluding carboxylic acids is 2. The summed E-state index contributed by atoms with van der Waals surface area (Å²) in [4.78, 5) is 50.7. The molecule has 0 spiro atoms. The number of hydrogen-bond acceptors (Lipinski definition) is 10. The largest absolute Gasteiger partial charge is 0.508 e. The smallest absolute Gasteiger partial charge is 0.325 e. The number of phenolic OH excluding ortho intramolecular Hbond substituents is 1. The van der Waals surface area contributed by atoms with Crippen molar-refractivity contribution >= 4 is 33.7 Å². The van der Waals surface area contributed by atoms with Crippen molar-refractivity contribution in [3.05, 3.63) is 117 Å². The molecule has 6 rings (SSSR count). The van der Waals surface area contributed by atoms with E-state index in [0.29, 0.717) is 41.6 Å². The van der Waals surface area contributed by atoms with Gasteiger partial charge in [-0.05, 0) is 86.3 Å². The average molecular weight is 813 g/mol. The Morgan fingerprint density at radius 2 is 1.02 bits per heavy atom. The fourth-order valence-electron chi connectivity index (χ4n) is 6.35. The molecule has 2 aromatic heterocycles. The zero-order valence-electron chi connectivity index (χ0n) is 33.5. The standard InChI is InChI=1S/C23H24FNO5.C22H22FNO5/c1-4-12-30-19-11-10-18(24)21-22(19)25(14-20(26)29-5-2)13-17(23(21)27)15-6-8-16(28-3)9-7-15;1-3-11-29-18-10-9-17(23)20-21(18)24(13-19(26)28-4-2)12-16(22(20)27)14-5-7-15(25)8-6-14/h6-11,13H,4-5,12,14H2,1-3H3;5-10,12,25H,3-4,11,13H2,1-2H3. The van der Waals surface area contributed by atoms with E-state index in [1.54, 1.807) is 63.6 Å². The lowest BCUT2D eigenvalue weighted by Gasteiger charge is -2.17. The van der Waals surface area contributed by atoms with Gasteiger partial charge >= 0.3 is 11.9 Å². The van der Waals surface area contributed by atoms with Crippen molar-refractivity contribution in [1.29, 1.82) is 0 Å². The first-order chi connectivity index (χ1) is 28.4. The number of esters is 2. The molecular formula is C45H46F2N2O10. The van der Waals surface area contributed by atoms with Gasteiger partial charge in [-0.2, -0.15) is 0 Å². The number of phenols is 1. The number of aromatic hydroxyl groups is 1. The van der Waals surface area contributed by atoms with E-state index in [1.165, 1.54) is 51.7 Å². The summed E-state index contributed by atoms with van der Waals surface area (Å²) >= 11 is 0. The number of halogens is 2. The first kappa shape index (κ1) is 43.4. The van der Waals surface area contributed by atoms with Crippen molar-refractivity contribution < 1.29 is 47.2 Å². The quantitative estimate of drug-likeness (QED) is 0.101. The van der Waals surface area contributed by atoms with Crippen molar-refractivity contribution in [2.45, 2.75) is 53.6 Å². The summed E-state index contributed by atoms with van der Waals surface area (Å²) in [5.41, 5.74) is 0.985. The van der Waals surface area contributed by atoms with E-state index in [2.05, 4.69) is 0 Å². The second-order valence-corrected chi connectivity index (χ2v) is 13.1. The highest BCUT2D eigenvalue weighted by molar-refractivity contribution is 5.91. The maximum Gasteiger partial charge on any atom is 0.325 e. The fraction of sp³-hybridized carbons (Fsp3) is 0.289. The minimum atomic E-state index is -0.702. The van der Waals surface area contributed by atoms with Gasteiger partial charge < -0.3 is 37.9 Å². The van der Waals surface area contributed by atoms with Crippen LogP contribution in [-0.4, -0.2) is 59.7 Å². The van der Waals surface area contributed by atoms with Crippen LogP contribution in [0.5, 0.6) is 23.0 Å². The lowest BCUT2D eigenvalue weighted by molar-refractivity contribution is -0.144. The summed E-state index contributed by atoms with van der Waals surface area (Å²) in [6, 6.07) is 18.2. The maximum atomic E-state index is 14.8. The van der Waals surface area contributed by atoms with Crippen molar-refractivity contribution in [2.75, 3.05) is 33.5 Å². The van der Waals surface area contributed by atoms with E-state index < -0.39 is 34.4 Å². The molecule has 0 unspecified atom stereocenters. The molecular weight excluding hydrogens is 766 g/mol. The summed E-state index contributed by atoms with van der Waals surface area (Å²) < 4.78 is 59.3. The van der Waals surface area contributed by atoms with Gasteiger partial charge in [-0.1, -0.05) is 38.1 Å². The van der Waals surface area contributed by atoms with E-state index in [1.807, 2.05) is 13.8 Å². The molecule has 0 atom stereocenters. The van der Waals surface area contributed by atoms with Crippen molar-refractivity contribution in [3.8, 4) is 45.3 Å². The van der Waals surface area contributed by atoms with Gasteiger partial charge in [0.05, 0.1) is 55.3 Å². The highest BCUT2D eigenvalue weighted by atomic mass is 19.1. The molecule has 0 aliphatic carbocycles. The van der Waals surface area contributed by atoms with Gasteiger partial charge in [-0.15, -0.1) is 0 Å². The molecule has 59 heavy (non-hydrogen) atoms. The Morgan fingerprint density at radius 1 is 0.610 bits per heavy atom. The predicted molar refractivity (Wildman–Crippen MR) is 220 cm³/mol. The van der Waals surface area contributed by atoms with E-state index in [9.17, 15) is 33.1 Å². The number of nitrogens with zero attached hydrogens (tertiary/aromatic N) is 2. The predicted octanol–water partition coefficient (Wildman–Crippen LogP) is 8.03. The number of benzene rings is 4. The first-order valence-electron chi connectivity index (χ1n) is 19.2. The molecule has 0 amide bonds. The molecule has 4 aromatic carbocycles. The number of ether oxygens (including phenoxy) is 5. The van der Waals surface area contributed by atoms with Crippen LogP contribution >= 0.6 is 0 Å². The lowest BCUT2D eigenvalue weighted by Crippen LogP contribution is -2.19. The van der Waals surface area contributed by atoms with E-state index >= 15 is 0 Å². The topological polar surface area (TPSA) is 145 Å². The maximum absolute atomic E-state index is 14.8. The normalized spacial score (nSPS) is 10.8. The Hall–Kier alpha value is -6.70. The number of carbonyl (C=O) groups is 2. The number of fused-ring (bicyclic) bond motifs is 2. The Balaban J connectivity index is 0.000000224. The zero-order chi connectivity index (χ0) is 42.6. The molecule has 0 aliphatic heterocycles. The number of hydrogen-bond donors (Lipinski definition) is 1. The first-order valence-corrected chi connectivity index (χ1v) is 19.2. The van der Waals surface area contributed by atoms with Crippen LogP contribution in [0.4, 0.5) is 8.78 Å². The summed E-state index contributed by atoms with van der Waals surface area (Å²) in [7, 11) is 1.55. The number of rotatable bonds is 15. The molecule has 0 fully saturated rings. The van der Waals surface area contributed by atoms with Gasteiger partial charge in [-0.25, -0.2) is 8.78 Å². The SMILES string of the molecule is CCCOc1ccc(F)c2c(=O)c(-c3ccc(O)cc3)cn(CC(=O)OCC)c12.CCCOc1ccc(F)c2c(=O)c(-c3ccc(OC)cc3)cn(CC(=O)OCC)c12. The van der Waals surface area contributed by atoms with Gasteiger partial charge in [0.2, 0.25) is 0 Å². The second-order valence-electron chi connectivity index (χ2n) is 13.1. The second kappa shape index (κ2) is 20.1. The van der Waals surface area contributed by atoms with Crippen LogP contribution in [0.2, 0.25) is 0 Å². The molecule has 310 valence electrons. The van der Waals surface area contributed by atoms with Crippen molar-refractivity contribution in [2.24, 2.45) is 0 Å². The van der Waals surface area contributed by atoms with Gasteiger partial charge in [0, 0.05) is 23.5 Å². The molecule has 0 saturated carbocycles. The average Bonchev–Trinajstić information content (AvgIpc) is 3.22. The minimum Gasteiger partial charge on any atom is -0.508 e. The molecule has 6 aromatic rings. The van der Waals surface area contributed by atoms with Crippen LogP contribution in [0, 0.1) is 11.6 Å². The Labute approximate surface area is 339 Å². The molecule has 2 heterocycles. The van der Waals surface area contributed by atoms with Crippen LogP contribution in [-0.2, 0) is 32.2 Å². The van der Waals surface area contributed by atoms with E-state index in [-0.39, 0.29) is 65.0 Å². The highest BCUT2D eigenvalue weighted by Crippen LogP contribution is 2.31. The number of pyridine rings is 2. The number of methoxy groups -OCH3 is 1. The Bertz CT molecular complexity index is 2550. The lowest BCUT2D eigenvalue weighted by atomic mass is 10.0. The molecule has 1 N–H and O–H groups in total. The van der Waals surface area contributed by atoms with Crippen LogP contribution in [0.1, 0.15) is 40.5 Å². The van der Waals surface area contributed by atoms with Crippen LogP contribution in [0.3, 0.4) is 0 Å². The van der Waals surface area contributed by atoms with Gasteiger partial charge in [0.15, 0.2) is 10.9 Å². The summed E-state index contributed by atoms with van der Waals surface area (Å²) in [5.74, 6) is -1.04. The Kier molecular flexibility index (Phi) is 14.8. The molecule has 0 aliphatic rings. The molecule has 0 bridgehead atoms. The van der Waals surface area contributed by atoms with Crippen molar-refractivity contribution in [3.63, 3.8) is 0 Å².